The van der Waals surface area contributed by atoms with Crippen molar-refractivity contribution in [3.8, 4) is 11.5 Å². The third-order valence-electron chi connectivity index (χ3n) is 3.68. The smallest absolute Gasteiger partial charge is 0.341 e. The first-order chi connectivity index (χ1) is 12.4. The molecule has 7 heteroatoms. The van der Waals surface area contributed by atoms with Gasteiger partial charge in [-0.15, -0.1) is 0 Å². The van der Waals surface area contributed by atoms with E-state index in [-0.39, 0.29) is 30.3 Å². The van der Waals surface area contributed by atoms with E-state index in [2.05, 4.69) is 10.1 Å². The predicted octanol–water partition coefficient (Wildman–Crippen LogP) is 2.62. The first-order valence-corrected chi connectivity index (χ1v) is 7.85. The van der Waals surface area contributed by atoms with Gasteiger partial charge in [0.2, 0.25) is 0 Å². The number of aryl methyl sites for hydroxylation is 1. The normalized spacial score (nSPS) is 10.2. The number of halogens is 1. The van der Waals surface area contributed by atoms with Crippen LogP contribution >= 0.6 is 0 Å². The maximum absolute atomic E-state index is 13.5. The molecule has 1 amide bonds. The van der Waals surface area contributed by atoms with E-state index in [1.54, 1.807) is 25.1 Å². The van der Waals surface area contributed by atoms with Crippen molar-refractivity contribution in [3.63, 3.8) is 0 Å². The zero-order valence-electron chi connectivity index (χ0n) is 14.8. The Morgan fingerprint density at radius 1 is 1.12 bits per heavy atom. The molecule has 0 saturated carbocycles. The Bertz CT molecular complexity index is 807. The van der Waals surface area contributed by atoms with E-state index in [0.29, 0.717) is 16.9 Å². The van der Waals surface area contributed by atoms with E-state index in [1.807, 2.05) is 0 Å². The van der Waals surface area contributed by atoms with Gasteiger partial charge in [-0.1, -0.05) is 12.1 Å². The number of ether oxygens (including phenoxy) is 3. The van der Waals surface area contributed by atoms with Gasteiger partial charge < -0.3 is 19.5 Å². The Labute approximate surface area is 150 Å². The number of methoxy groups -OCH3 is 2. The Kier molecular flexibility index (Phi) is 6.54. The molecule has 0 saturated heterocycles. The summed E-state index contributed by atoms with van der Waals surface area (Å²) in [4.78, 5) is 23.7. The van der Waals surface area contributed by atoms with Crippen molar-refractivity contribution < 1.29 is 28.2 Å². The minimum absolute atomic E-state index is 0.168. The first kappa shape index (κ1) is 19.2. The van der Waals surface area contributed by atoms with Crippen LogP contribution in [0.25, 0.3) is 0 Å². The van der Waals surface area contributed by atoms with Crippen LogP contribution in [0, 0.1) is 12.7 Å². The number of esters is 1. The highest BCUT2D eigenvalue weighted by molar-refractivity contribution is 5.92. The molecule has 138 valence electrons. The predicted molar refractivity (Wildman–Crippen MR) is 92.8 cm³/mol. The maximum atomic E-state index is 13.5. The molecule has 0 heterocycles. The van der Waals surface area contributed by atoms with Crippen molar-refractivity contribution >= 4 is 11.9 Å². The van der Waals surface area contributed by atoms with Crippen molar-refractivity contribution in [2.45, 2.75) is 13.5 Å². The molecule has 0 unspecified atom stereocenters. The molecule has 0 aromatic heterocycles. The van der Waals surface area contributed by atoms with Gasteiger partial charge in [-0.05, 0) is 36.2 Å². The Hall–Kier alpha value is -3.09. The Morgan fingerprint density at radius 3 is 2.54 bits per heavy atom. The van der Waals surface area contributed by atoms with Crippen molar-refractivity contribution in [2.75, 3.05) is 20.8 Å². The molecule has 0 aliphatic heterocycles. The molecule has 0 atom stereocenters. The molecule has 1 N–H and O–H groups in total. The van der Waals surface area contributed by atoms with Crippen LogP contribution in [-0.4, -0.2) is 32.7 Å². The summed E-state index contributed by atoms with van der Waals surface area (Å²) in [6, 6.07) is 9.32. The Balaban J connectivity index is 1.97. The van der Waals surface area contributed by atoms with E-state index in [9.17, 15) is 14.0 Å². The van der Waals surface area contributed by atoms with Gasteiger partial charge in [0.25, 0.3) is 5.91 Å². The van der Waals surface area contributed by atoms with Crippen LogP contribution in [0.5, 0.6) is 11.5 Å². The van der Waals surface area contributed by atoms with Crippen molar-refractivity contribution in [2.24, 2.45) is 0 Å². The number of carbonyl (C=O) groups is 2. The summed E-state index contributed by atoms with van der Waals surface area (Å²) >= 11 is 0. The van der Waals surface area contributed by atoms with Crippen molar-refractivity contribution in [3.05, 3.63) is 58.9 Å². The van der Waals surface area contributed by atoms with Crippen LogP contribution in [0.3, 0.4) is 0 Å². The van der Waals surface area contributed by atoms with Crippen LogP contribution in [-0.2, 0) is 16.1 Å². The van der Waals surface area contributed by atoms with Gasteiger partial charge in [0.1, 0.15) is 22.9 Å². The molecule has 0 fully saturated rings. The molecule has 6 nitrogen and oxygen atoms in total. The Morgan fingerprint density at radius 2 is 1.88 bits per heavy atom. The molecule has 2 rings (SSSR count). The lowest BCUT2D eigenvalue weighted by Gasteiger charge is -2.12. The highest BCUT2D eigenvalue weighted by atomic mass is 19.1. The third-order valence-corrected chi connectivity index (χ3v) is 3.68. The van der Waals surface area contributed by atoms with Gasteiger partial charge in [-0.2, -0.15) is 0 Å². The average Bonchev–Trinajstić information content (AvgIpc) is 2.66. The number of nitrogens with one attached hydrogen (secondary N) is 1. The third kappa shape index (κ3) is 4.95. The number of carbonyl (C=O) groups excluding carboxylic acids is 2. The topological polar surface area (TPSA) is 73.9 Å². The molecule has 2 aromatic carbocycles. The van der Waals surface area contributed by atoms with Crippen LogP contribution in [0.1, 0.15) is 21.5 Å². The number of amides is 1. The van der Waals surface area contributed by atoms with Gasteiger partial charge in [0.05, 0.1) is 14.2 Å². The highest BCUT2D eigenvalue weighted by Crippen LogP contribution is 2.25. The van der Waals surface area contributed by atoms with E-state index in [1.165, 1.54) is 32.4 Å². The van der Waals surface area contributed by atoms with Crippen molar-refractivity contribution in [1.29, 1.82) is 0 Å². The van der Waals surface area contributed by atoms with E-state index in [0.717, 1.165) is 0 Å². The van der Waals surface area contributed by atoms with E-state index in [4.69, 9.17) is 9.47 Å². The zero-order valence-corrected chi connectivity index (χ0v) is 14.8. The quantitative estimate of drug-likeness (QED) is 0.768. The molecular formula is C19H20FNO5. The number of hydrogen-bond donors (Lipinski definition) is 1. The number of benzene rings is 2. The summed E-state index contributed by atoms with van der Waals surface area (Å²) in [5.41, 5.74) is 1.36. The van der Waals surface area contributed by atoms with Gasteiger partial charge in [-0.3, -0.25) is 4.79 Å². The van der Waals surface area contributed by atoms with Gasteiger partial charge >= 0.3 is 5.97 Å². The molecule has 0 aliphatic carbocycles. The lowest BCUT2D eigenvalue weighted by atomic mass is 10.1. The van der Waals surface area contributed by atoms with Crippen molar-refractivity contribution in [1.82, 2.24) is 5.32 Å². The number of rotatable bonds is 7. The SMILES string of the molecule is COC(=O)c1ccc(OC)cc1OCC(=O)NCc1ccc(C)c(F)c1. The monoisotopic (exact) mass is 361 g/mol. The largest absolute Gasteiger partial charge is 0.497 e. The molecule has 0 aliphatic rings. The first-order valence-electron chi connectivity index (χ1n) is 7.85. The highest BCUT2D eigenvalue weighted by Gasteiger charge is 2.15. The zero-order chi connectivity index (χ0) is 19.1. The summed E-state index contributed by atoms with van der Waals surface area (Å²) in [5.74, 6) is -0.675. The minimum atomic E-state index is -0.585. The van der Waals surface area contributed by atoms with Gasteiger partial charge in [0.15, 0.2) is 6.61 Å². The van der Waals surface area contributed by atoms with Crippen LogP contribution in [0.4, 0.5) is 4.39 Å². The van der Waals surface area contributed by atoms with Gasteiger partial charge in [0, 0.05) is 12.6 Å². The lowest BCUT2D eigenvalue weighted by Crippen LogP contribution is -2.28. The fraction of sp³-hybridized carbons (Fsp3) is 0.263. The molecule has 26 heavy (non-hydrogen) atoms. The summed E-state index contributed by atoms with van der Waals surface area (Å²) < 4.78 is 28.7. The summed E-state index contributed by atoms with van der Waals surface area (Å²) in [5, 5.41) is 2.63. The standard InChI is InChI=1S/C19H20FNO5/c1-12-4-5-13(8-16(12)20)10-21-18(22)11-26-17-9-14(24-2)6-7-15(17)19(23)25-3/h4-9H,10-11H2,1-3H3,(H,21,22). The fourth-order valence-electron chi connectivity index (χ4n) is 2.17. The summed E-state index contributed by atoms with van der Waals surface area (Å²) in [6.07, 6.45) is 0. The minimum Gasteiger partial charge on any atom is -0.497 e. The van der Waals surface area contributed by atoms with Crippen LogP contribution in [0.2, 0.25) is 0 Å². The number of hydrogen-bond acceptors (Lipinski definition) is 5. The molecule has 0 radical (unpaired) electrons. The van der Waals surface area contributed by atoms with Crippen LogP contribution < -0.4 is 14.8 Å². The summed E-state index contributed by atoms with van der Waals surface area (Å²) in [7, 11) is 2.73. The summed E-state index contributed by atoms with van der Waals surface area (Å²) in [6.45, 7) is 1.52. The molecular weight excluding hydrogens is 341 g/mol. The van der Waals surface area contributed by atoms with E-state index >= 15 is 0 Å². The molecule has 2 aromatic rings. The second kappa shape index (κ2) is 8.84. The molecule has 0 bridgehead atoms. The lowest BCUT2D eigenvalue weighted by molar-refractivity contribution is -0.123. The second-order valence-corrected chi connectivity index (χ2v) is 5.50. The fourth-order valence-corrected chi connectivity index (χ4v) is 2.17. The van der Waals surface area contributed by atoms with Crippen LogP contribution in [0.15, 0.2) is 36.4 Å². The van der Waals surface area contributed by atoms with Gasteiger partial charge in [-0.25, -0.2) is 9.18 Å². The maximum Gasteiger partial charge on any atom is 0.341 e. The van der Waals surface area contributed by atoms with E-state index < -0.39 is 11.9 Å². The average molecular weight is 361 g/mol. The second-order valence-electron chi connectivity index (χ2n) is 5.50. The molecule has 0 spiro atoms.